The van der Waals surface area contributed by atoms with Crippen molar-refractivity contribution >= 4 is 39.8 Å². The largest absolute Gasteiger partial charge is 0.397 e. The van der Waals surface area contributed by atoms with Crippen LogP contribution in [0.1, 0.15) is 11.1 Å². The van der Waals surface area contributed by atoms with E-state index in [4.69, 9.17) is 5.73 Å². The van der Waals surface area contributed by atoms with Gasteiger partial charge in [0, 0.05) is 23.7 Å². The first-order chi connectivity index (χ1) is 14.7. The van der Waals surface area contributed by atoms with Crippen LogP contribution in [0, 0.1) is 0 Å². The molecule has 0 aliphatic rings. The summed E-state index contributed by atoms with van der Waals surface area (Å²) in [6.07, 6.45) is 3.30. The van der Waals surface area contributed by atoms with Gasteiger partial charge in [-0.15, -0.1) is 0 Å². The van der Waals surface area contributed by atoms with Crippen LogP contribution in [0.4, 0.5) is 17.1 Å². The molecule has 4 N–H and O–H groups in total. The fourth-order valence-electron chi connectivity index (χ4n) is 3.28. The molecule has 30 heavy (non-hydrogen) atoms. The molecular weight excluding hydrogens is 370 g/mol. The Kier molecular flexibility index (Phi) is 5.76. The zero-order valence-electron chi connectivity index (χ0n) is 16.5. The molecule has 0 saturated carbocycles. The van der Waals surface area contributed by atoms with Gasteiger partial charge in [0.05, 0.1) is 11.4 Å². The van der Waals surface area contributed by atoms with E-state index in [-0.39, 0.29) is 5.91 Å². The van der Waals surface area contributed by atoms with Crippen LogP contribution in [0.3, 0.4) is 0 Å². The van der Waals surface area contributed by atoms with Crippen LogP contribution in [-0.4, -0.2) is 5.91 Å². The Morgan fingerprint density at radius 3 is 2.33 bits per heavy atom. The molecule has 0 aliphatic heterocycles. The Bertz CT molecular complexity index is 1190. The number of nitrogens with two attached hydrogens (primary N) is 1. The molecule has 4 heteroatoms. The Balaban J connectivity index is 1.36. The molecule has 0 aliphatic carbocycles. The Labute approximate surface area is 176 Å². The van der Waals surface area contributed by atoms with Gasteiger partial charge in [0.15, 0.2) is 0 Å². The normalized spacial score (nSPS) is 10.9. The third-order valence-electron chi connectivity index (χ3n) is 4.90. The van der Waals surface area contributed by atoms with Crippen LogP contribution in [0.2, 0.25) is 0 Å². The number of hydrogen-bond donors (Lipinski definition) is 3. The summed E-state index contributed by atoms with van der Waals surface area (Å²) in [6.45, 7) is 0.728. The van der Waals surface area contributed by atoms with Gasteiger partial charge in [-0.3, -0.25) is 4.79 Å². The lowest BCUT2D eigenvalue weighted by atomic mass is 10.1. The molecule has 4 aromatic carbocycles. The highest BCUT2D eigenvalue weighted by molar-refractivity contribution is 6.03. The molecule has 0 unspecified atom stereocenters. The van der Waals surface area contributed by atoms with Crippen molar-refractivity contribution in [1.82, 2.24) is 0 Å². The first-order valence-electron chi connectivity index (χ1n) is 9.83. The zero-order chi connectivity index (χ0) is 20.8. The number of anilines is 3. The lowest BCUT2D eigenvalue weighted by Crippen LogP contribution is -2.09. The molecule has 148 valence electrons. The average molecular weight is 393 g/mol. The van der Waals surface area contributed by atoms with Crippen LogP contribution >= 0.6 is 0 Å². The van der Waals surface area contributed by atoms with E-state index in [0.717, 1.165) is 17.8 Å². The Hall–Kier alpha value is -4.05. The van der Waals surface area contributed by atoms with Crippen molar-refractivity contribution in [2.24, 2.45) is 0 Å². The van der Waals surface area contributed by atoms with Crippen molar-refractivity contribution in [2.45, 2.75) is 6.54 Å². The van der Waals surface area contributed by atoms with Crippen molar-refractivity contribution in [3.63, 3.8) is 0 Å². The van der Waals surface area contributed by atoms with Crippen LogP contribution in [0.25, 0.3) is 16.8 Å². The maximum atomic E-state index is 12.1. The van der Waals surface area contributed by atoms with Crippen LogP contribution in [-0.2, 0) is 11.3 Å². The van der Waals surface area contributed by atoms with Crippen molar-refractivity contribution in [3.05, 3.63) is 108 Å². The van der Waals surface area contributed by atoms with Gasteiger partial charge in [-0.25, -0.2) is 0 Å². The van der Waals surface area contributed by atoms with E-state index in [2.05, 4.69) is 59.2 Å². The predicted octanol–water partition coefficient (Wildman–Crippen LogP) is 5.69. The van der Waals surface area contributed by atoms with E-state index in [9.17, 15) is 4.79 Å². The van der Waals surface area contributed by atoms with Gasteiger partial charge < -0.3 is 16.4 Å². The number of para-hydroxylation sites is 2. The third kappa shape index (κ3) is 4.67. The summed E-state index contributed by atoms with van der Waals surface area (Å²) in [5.74, 6) is -0.213. The minimum absolute atomic E-state index is 0.213. The second-order valence-electron chi connectivity index (χ2n) is 7.03. The number of nitrogens with one attached hydrogen (secondary N) is 2. The van der Waals surface area contributed by atoms with E-state index in [1.165, 1.54) is 22.4 Å². The van der Waals surface area contributed by atoms with E-state index in [0.29, 0.717) is 11.4 Å². The number of nitrogen functional groups attached to an aromatic ring is 1. The molecule has 0 fully saturated rings. The molecule has 4 aromatic rings. The third-order valence-corrected chi connectivity index (χ3v) is 4.90. The lowest BCUT2D eigenvalue weighted by Gasteiger charge is -2.10. The van der Waals surface area contributed by atoms with Gasteiger partial charge in [-0.2, -0.15) is 0 Å². The molecule has 0 spiro atoms. The number of hydrogen-bond acceptors (Lipinski definition) is 3. The molecule has 0 aromatic heterocycles. The molecule has 0 saturated heterocycles. The molecule has 4 nitrogen and oxygen atoms in total. The highest BCUT2D eigenvalue weighted by Gasteiger charge is 2.02. The highest BCUT2D eigenvalue weighted by Crippen LogP contribution is 2.23. The van der Waals surface area contributed by atoms with Gasteiger partial charge >= 0.3 is 0 Å². The topological polar surface area (TPSA) is 67.1 Å². The van der Waals surface area contributed by atoms with Crippen LogP contribution in [0.15, 0.2) is 97.1 Å². The second-order valence-corrected chi connectivity index (χ2v) is 7.03. The lowest BCUT2D eigenvalue weighted by molar-refractivity contribution is -0.111. The quantitative estimate of drug-likeness (QED) is 0.291. The van der Waals surface area contributed by atoms with Gasteiger partial charge in [0.25, 0.3) is 0 Å². The smallest absolute Gasteiger partial charge is 0.248 e. The Morgan fingerprint density at radius 1 is 0.800 bits per heavy atom. The van der Waals surface area contributed by atoms with Gasteiger partial charge in [-0.1, -0.05) is 72.8 Å². The molecule has 0 radical (unpaired) electrons. The number of fused-ring (bicyclic) bond motifs is 1. The van der Waals surface area contributed by atoms with Gasteiger partial charge in [0.2, 0.25) is 5.91 Å². The predicted molar refractivity (Wildman–Crippen MR) is 126 cm³/mol. The number of carbonyl (C=O) groups is 1. The van der Waals surface area contributed by atoms with Crippen molar-refractivity contribution < 1.29 is 4.79 Å². The minimum atomic E-state index is -0.213. The summed E-state index contributed by atoms with van der Waals surface area (Å²) in [6, 6.07) is 29.9. The molecule has 0 bridgehead atoms. The van der Waals surface area contributed by atoms with Gasteiger partial charge in [0.1, 0.15) is 0 Å². The maximum absolute atomic E-state index is 12.1. The summed E-state index contributed by atoms with van der Waals surface area (Å²) >= 11 is 0. The summed E-state index contributed by atoms with van der Waals surface area (Å²) in [5.41, 5.74) is 10.3. The molecular formula is C26H23N3O. The first kappa shape index (κ1) is 19.3. The number of rotatable bonds is 6. The van der Waals surface area contributed by atoms with Gasteiger partial charge in [-0.05, 0) is 40.8 Å². The maximum Gasteiger partial charge on any atom is 0.248 e. The summed E-state index contributed by atoms with van der Waals surface area (Å²) in [4.78, 5) is 12.1. The summed E-state index contributed by atoms with van der Waals surface area (Å²) in [7, 11) is 0. The highest BCUT2D eigenvalue weighted by atomic mass is 16.1. The molecule has 4 rings (SSSR count). The number of benzene rings is 4. The van der Waals surface area contributed by atoms with Crippen LogP contribution < -0.4 is 16.4 Å². The van der Waals surface area contributed by atoms with E-state index in [1.54, 1.807) is 18.2 Å². The van der Waals surface area contributed by atoms with Crippen LogP contribution in [0.5, 0.6) is 0 Å². The van der Waals surface area contributed by atoms with E-state index >= 15 is 0 Å². The Morgan fingerprint density at radius 2 is 1.50 bits per heavy atom. The van der Waals surface area contributed by atoms with E-state index < -0.39 is 0 Å². The summed E-state index contributed by atoms with van der Waals surface area (Å²) < 4.78 is 0. The monoisotopic (exact) mass is 393 g/mol. The SMILES string of the molecule is Nc1ccccc1NC(=O)/C=C/c1ccc(CNc2cccc3ccccc23)cc1. The number of amides is 1. The van der Waals surface area contributed by atoms with E-state index in [1.807, 2.05) is 30.3 Å². The fraction of sp³-hybridized carbons (Fsp3) is 0.0385. The fourth-order valence-corrected chi connectivity index (χ4v) is 3.28. The zero-order valence-corrected chi connectivity index (χ0v) is 16.5. The summed E-state index contributed by atoms with van der Waals surface area (Å²) in [5, 5.41) is 8.73. The van der Waals surface area contributed by atoms with Crippen molar-refractivity contribution in [1.29, 1.82) is 0 Å². The van der Waals surface area contributed by atoms with Crippen molar-refractivity contribution in [2.75, 3.05) is 16.4 Å². The first-order valence-corrected chi connectivity index (χ1v) is 9.83. The average Bonchev–Trinajstić information content (AvgIpc) is 2.78. The standard InChI is InChI=1S/C26H23N3O/c27-23-9-3-4-10-25(23)29-26(30)17-16-19-12-14-20(15-13-19)18-28-24-11-5-7-21-6-1-2-8-22(21)24/h1-17,28H,18,27H2,(H,29,30)/b17-16+. The number of carbonyl (C=O) groups excluding carboxylic acids is 1. The molecule has 0 atom stereocenters. The van der Waals surface area contributed by atoms with Crippen molar-refractivity contribution in [3.8, 4) is 0 Å². The molecule has 1 amide bonds. The second kappa shape index (κ2) is 8.97. The minimum Gasteiger partial charge on any atom is -0.397 e. The molecule has 0 heterocycles.